The number of rotatable bonds is 5. The first-order valence-corrected chi connectivity index (χ1v) is 10.8. The number of hydrogen-bond acceptors (Lipinski definition) is 5. The number of aromatic nitrogens is 1. The van der Waals surface area contributed by atoms with Crippen LogP contribution in [-0.2, 0) is 10.0 Å². The minimum absolute atomic E-state index is 0.0153. The average molecular weight is 399 g/mol. The van der Waals surface area contributed by atoms with E-state index in [4.69, 9.17) is 0 Å². The van der Waals surface area contributed by atoms with Crippen LogP contribution in [0.1, 0.15) is 32.1 Å². The summed E-state index contributed by atoms with van der Waals surface area (Å²) >= 11 is 0. The summed E-state index contributed by atoms with van der Waals surface area (Å²) in [5, 5.41) is 15.4. The van der Waals surface area contributed by atoms with Gasteiger partial charge in [0.15, 0.2) is 0 Å². The number of anilines is 1. The first-order chi connectivity index (χ1) is 13.5. The first kappa shape index (κ1) is 18.5. The van der Waals surface area contributed by atoms with Crippen LogP contribution in [-0.4, -0.2) is 23.4 Å². The molecule has 1 N–H and O–H groups in total. The van der Waals surface area contributed by atoms with Gasteiger partial charge < -0.3 is 5.32 Å². The summed E-state index contributed by atoms with van der Waals surface area (Å²) in [5.74, 6) is 0.0435. The molecule has 0 amide bonds. The Bertz CT molecular complexity index is 1120. The van der Waals surface area contributed by atoms with Crippen LogP contribution in [0.5, 0.6) is 0 Å². The maximum absolute atomic E-state index is 13.4. The molecule has 3 aromatic rings. The molecule has 0 spiro atoms. The minimum atomic E-state index is -4.01. The largest absolute Gasteiger partial charge is 0.362 e. The zero-order valence-corrected chi connectivity index (χ0v) is 16.1. The van der Waals surface area contributed by atoms with E-state index in [1.807, 2.05) is 0 Å². The molecule has 1 aromatic heterocycles. The second-order valence-corrected chi connectivity index (χ2v) is 8.82. The van der Waals surface area contributed by atoms with Gasteiger partial charge in [0.25, 0.3) is 10.0 Å². The number of fused-ring (bicyclic) bond motifs is 1. The molecule has 2 aromatic carbocycles. The van der Waals surface area contributed by atoms with Gasteiger partial charge in [-0.05, 0) is 37.1 Å². The molecule has 146 valence electrons. The minimum Gasteiger partial charge on any atom is -0.362 e. The summed E-state index contributed by atoms with van der Waals surface area (Å²) in [4.78, 5) is 11.5. The molecule has 28 heavy (non-hydrogen) atoms. The Balaban J connectivity index is 1.98. The van der Waals surface area contributed by atoms with Crippen LogP contribution < -0.4 is 5.32 Å². The van der Waals surface area contributed by atoms with E-state index >= 15 is 0 Å². The van der Waals surface area contributed by atoms with Crippen LogP contribution in [0, 0.1) is 10.1 Å². The molecule has 0 radical (unpaired) electrons. The van der Waals surface area contributed by atoms with Crippen molar-refractivity contribution in [1.29, 1.82) is 0 Å². The SMILES string of the molecule is O=[N+]([O-])c1c(NC2CCCCC2)n(S(=O)(=O)c2ccccc2)c2ccccc12. The zero-order chi connectivity index (χ0) is 19.7. The van der Waals surface area contributed by atoms with Crippen LogP contribution in [0.3, 0.4) is 0 Å². The number of para-hydroxylation sites is 1. The number of nitro groups is 1. The molecule has 0 bridgehead atoms. The fourth-order valence-electron chi connectivity index (χ4n) is 3.89. The summed E-state index contributed by atoms with van der Waals surface area (Å²) in [6, 6.07) is 14.6. The summed E-state index contributed by atoms with van der Waals surface area (Å²) in [6.07, 6.45) is 4.91. The van der Waals surface area contributed by atoms with Crippen molar-refractivity contribution < 1.29 is 13.3 Å². The Morgan fingerprint density at radius 2 is 1.61 bits per heavy atom. The van der Waals surface area contributed by atoms with Crippen molar-refractivity contribution in [3.05, 3.63) is 64.7 Å². The lowest BCUT2D eigenvalue weighted by atomic mass is 9.95. The molecule has 1 fully saturated rings. The molecule has 1 aliphatic rings. The highest BCUT2D eigenvalue weighted by Crippen LogP contribution is 2.40. The molecule has 0 atom stereocenters. The Labute approximate surface area is 163 Å². The molecular weight excluding hydrogens is 378 g/mol. The Morgan fingerprint density at radius 3 is 2.29 bits per heavy atom. The highest BCUT2D eigenvalue weighted by Gasteiger charge is 2.34. The topological polar surface area (TPSA) is 94.2 Å². The standard InChI is InChI=1S/C20H21N3O4S/c24-23(25)19-17-13-7-8-14-18(17)22(20(19)21-15-9-3-1-4-10-15)28(26,27)16-11-5-2-6-12-16/h2,5-8,11-15,21H,1,3-4,9-10H2. The van der Waals surface area contributed by atoms with Gasteiger partial charge in [0.05, 0.1) is 20.7 Å². The van der Waals surface area contributed by atoms with E-state index in [2.05, 4.69) is 5.32 Å². The third-order valence-corrected chi connectivity index (χ3v) is 6.94. The molecule has 4 rings (SSSR count). The maximum atomic E-state index is 13.4. The van der Waals surface area contributed by atoms with Gasteiger partial charge in [0.1, 0.15) is 0 Å². The lowest BCUT2D eigenvalue weighted by Gasteiger charge is -2.24. The molecule has 8 heteroatoms. The second kappa shape index (κ2) is 7.27. The summed E-state index contributed by atoms with van der Waals surface area (Å²) in [5.41, 5.74) is 0.108. The molecule has 1 heterocycles. The average Bonchev–Trinajstić information content (AvgIpc) is 3.04. The molecule has 0 aliphatic heterocycles. The van der Waals surface area contributed by atoms with Gasteiger partial charge in [-0.15, -0.1) is 0 Å². The first-order valence-electron chi connectivity index (χ1n) is 9.35. The van der Waals surface area contributed by atoms with Gasteiger partial charge in [0.2, 0.25) is 5.82 Å². The van der Waals surface area contributed by atoms with Gasteiger partial charge in [0, 0.05) is 6.04 Å². The van der Waals surface area contributed by atoms with Crippen LogP contribution in [0.15, 0.2) is 59.5 Å². The molecule has 7 nitrogen and oxygen atoms in total. The van der Waals surface area contributed by atoms with Gasteiger partial charge in [-0.25, -0.2) is 12.4 Å². The van der Waals surface area contributed by atoms with Crippen molar-refractivity contribution in [3.63, 3.8) is 0 Å². The third kappa shape index (κ3) is 3.13. The Morgan fingerprint density at radius 1 is 0.964 bits per heavy atom. The number of benzene rings is 2. The predicted octanol–water partition coefficient (Wildman–Crippen LogP) is 4.53. The van der Waals surface area contributed by atoms with E-state index in [0.717, 1.165) is 36.1 Å². The van der Waals surface area contributed by atoms with Crippen molar-refractivity contribution in [3.8, 4) is 0 Å². The number of nitrogens with zero attached hydrogens (tertiary/aromatic N) is 2. The van der Waals surface area contributed by atoms with E-state index in [9.17, 15) is 18.5 Å². The van der Waals surface area contributed by atoms with E-state index in [1.165, 1.54) is 12.1 Å². The van der Waals surface area contributed by atoms with E-state index in [0.29, 0.717) is 10.9 Å². The van der Waals surface area contributed by atoms with Gasteiger partial charge in [-0.3, -0.25) is 10.1 Å². The Kier molecular flexibility index (Phi) is 4.80. The molecule has 0 unspecified atom stereocenters. The van der Waals surface area contributed by atoms with E-state index in [1.54, 1.807) is 42.5 Å². The van der Waals surface area contributed by atoms with Crippen LogP contribution in [0.25, 0.3) is 10.9 Å². The third-order valence-electron chi connectivity index (χ3n) is 5.22. The van der Waals surface area contributed by atoms with Crippen LogP contribution >= 0.6 is 0 Å². The lowest BCUT2D eigenvalue weighted by molar-refractivity contribution is -0.382. The molecular formula is C20H21N3O4S. The lowest BCUT2D eigenvalue weighted by Crippen LogP contribution is -2.26. The van der Waals surface area contributed by atoms with Crippen LogP contribution in [0.2, 0.25) is 0 Å². The van der Waals surface area contributed by atoms with Crippen molar-refractivity contribution in [2.45, 2.75) is 43.0 Å². The zero-order valence-electron chi connectivity index (χ0n) is 15.2. The van der Waals surface area contributed by atoms with Crippen molar-refractivity contribution >= 4 is 32.4 Å². The van der Waals surface area contributed by atoms with Crippen molar-refractivity contribution in [2.24, 2.45) is 0 Å². The smallest absolute Gasteiger partial charge is 0.319 e. The normalized spacial score (nSPS) is 15.6. The molecule has 1 saturated carbocycles. The van der Waals surface area contributed by atoms with E-state index in [-0.39, 0.29) is 22.4 Å². The Hall–Kier alpha value is -2.87. The van der Waals surface area contributed by atoms with Crippen LogP contribution in [0.4, 0.5) is 11.5 Å². The maximum Gasteiger partial charge on any atom is 0.319 e. The van der Waals surface area contributed by atoms with Crippen molar-refractivity contribution in [1.82, 2.24) is 3.97 Å². The molecule has 0 saturated heterocycles. The van der Waals surface area contributed by atoms with Gasteiger partial charge >= 0.3 is 5.69 Å². The monoisotopic (exact) mass is 399 g/mol. The highest BCUT2D eigenvalue weighted by molar-refractivity contribution is 7.90. The quantitative estimate of drug-likeness (QED) is 0.502. The van der Waals surface area contributed by atoms with Gasteiger partial charge in [-0.1, -0.05) is 49.6 Å². The van der Waals surface area contributed by atoms with E-state index < -0.39 is 14.9 Å². The summed E-state index contributed by atoms with van der Waals surface area (Å²) in [6.45, 7) is 0. The fourth-order valence-corrected chi connectivity index (χ4v) is 5.40. The second-order valence-electron chi connectivity index (χ2n) is 7.03. The highest BCUT2D eigenvalue weighted by atomic mass is 32.2. The fraction of sp³-hybridized carbons (Fsp3) is 0.300. The predicted molar refractivity (Wildman–Crippen MR) is 108 cm³/mol. The molecule has 1 aliphatic carbocycles. The van der Waals surface area contributed by atoms with Crippen molar-refractivity contribution in [2.75, 3.05) is 5.32 Å². The van der Waals surface area contributed by atoms with Gasteiger partial charge in [-0.2, -0.15) is 0 Å². The summed E-state index contributed by atoms with van der Waals surface area (Å²) in [7, 11) is -4.01. The number of hydrogen-bond donors (Lipinski definition) is 1. The number of nitrogens with one attached hydrogen (secondary N) is 1. The summed E-state index contributed by atoms with van der Waals surface area (Å²) < 4.78 is 28.0.